The van der Waals surface area contributed by atoms with Crippen LogP contribution < -0.4 is 10.6 Å². The van der Waals surface area contributed by atoms with Crippen LogP contribution in [0.25, 0.3) is 0 Å². The molecule has 0 saturated heterocycles. The van der Waals surface area contributed by atoms with Crippen molar-refractivity contribution in [1.82, 2.24) is 5.32 Å². The summed E-state index contributed by atoms with van der Waals surface area (Å²) < 4.78 is 44.8. The van der Waals surface area contributed by atoms with Crippen LogP contribution in [0.5, 0.6) is 0 Å². The van der Waals surface area contributed by atoms with Crippen LogP contribution in [-0.2, 0) is 25.3 Å². The lowest BCUT2D eigenvalue weighted by atomic mass is 9.89. The van der Waals surface area contributed by atoms with Crippen molar-refractivity contribution in [3.8, 4) is 0 Å². The number of carbonyl (C=O) groups is 3. The van der Waals surface area contributed by atoms with Crippen molar-refractivity contribution in [1.29, 1.82) is 0 Å². The highest BCUT2D eigenvalue weighted by molar-refractivity contribution is 6.31. The van der Waals surface area contributed by atoms with E-state index in [1.807, 2.05) is 0 Å². The lowest BCUT2D eigenvalue weighted by Crippen LogP contribution is -2.37. The van der Waals surface area contributed by atoms with Crippen molar-refractivity contribution >= 4 is 35.1 Å². The van der Waals surface area contributed by atoms with Crippen molar-refractivity contribution in [2.75, 3.05) is 11.9 Å². The van der Waals surface area contributed by atoms with E-state index in [2.05, 4.69) is 10.6 Å². The number of hydrogen-bond acceptors (Lipinski definition) is 4. The zero-order chi connectivity index (χ0) is 24.7. The van der Waals surface area contributed by atoms with E-state index in [-0.39, 0.29) is 17.5 Å². The normalized spacial score (nSPS) is 15.3. The summed E-state index contributed by atoms with van der Waals surface area (Å²) in [5.41, 5.74) is -0.952. The van der Waals surface area contributed by atoms with E-state index in [0.29, 0.717) is 11.6 Å². The molecule has 0 radical (unpaired) electrons. The highest BCUT2D eigenvalue weighted by Crippen LogP contribution is 2.36. The summed E-state index contributed by atoms with van der Waals surface area (Å²) >= 11 is 5.62. The van der Waals surface area contributed by atoms with Gasteiger partial charge in [-0.1, -0.05) is 61.2 Å². The zero-order valence-corrected chi connectivity index (χ0v) is 18.9. The summed E-state index contributed by atoms with van der Waals surface area (Å²) in [6.45, 7) is -0.425. The van der Waals surface area contributed by atoms with Gasteiger partial charge in [0.2, 0.25) is 12.0 Å². The Morgan fingerprint density at radius 3 is 2.35 bits per heavy atom. The molecule has 10 heteroatoms. The first-order valence-corrected chi connectivity index (χ1v) is 11.2. The predicted octanol–water partition coefficient (Wildman–Crippen LogP) is 5.28. The molecule has 1 aliphatic carbocycles. The number of ether oxygens (including phenoxy) is 1. The second kappa shape index (κ2) is 11.4. The molecule has 1 fully saturated rings. The summed E-state index contributed by atoms with van der Waals surface area (Å²) in [6, 6.07) is 11.0. The molecule has 2 amide bonds. The molecule has 2 N–H and O–H groups in total. The SMILES string of the molecule is O=C(CNC(=O)C1CCCCC1)O[C@H](C(=O)Nc1ccc(Cl)c(C(F)(F)F)c1)c1ccccc1. The van der Waals surface area contributed by atoms with Gasteiger partial charge in [-0.25, -0.2) is 0 Å². The highest BCUT2D eigenvalue weighted by Gasteiger charge is 2.34. The topological polar surface area (TPSA) is 84.5 Å². The molecule has 6 nitrogen and oxygen atoms in total. The number of esters is 1. The average molecular weight is 497 g/mol. The lowest BCUT2D eigenvalue weighted by molar-refractivity contribution is -0.154. The van der Waals surface area contributed by atoms with Crippen molar-refractivity contribution in [3.63, 3.8) is 0 Å². The number of amides is 2. The van der Waals surface area contributed by atoms with Crippen LogP contribution in [0.15, 0.2) is 48.5 Å². The van der Waals surface area contributed by atoms with E-state index in [1.165, 1.54) is 6.07 Å². The summed E-state index contributed by atoms with van der Waals surface area (Å²) in [5, 5.41) is 4.37. The fraction of sp³-hybridized carbons (Fsp3) is 0.375. The van der Waals surface area contributed by atoms with Crippen LogP contribution in [0.1, 0.15) is 49.3 Å². The molecule has 1 aliphatic rings. The van der Waals surface area contributed by atoms with Crippen LogP contribution in [0.3, 0.4) is 0 Å². The molecule has 2 aromatic carbocycles. The molecule has 182 valence electrons. The van der Waals surface area contributed by atoms with Crippen molar-refractivity contribution in [2.24, 2.45) is 5.92 Å². The largest absolute Gasteiger partial charge is 0.446 e. The number of rotatable bonds is 7. The fourth-order valence-corrected chi connectivity index (χ4v) is 4.00. The van der Waals surface area contributed by atoms with Gasteiger partial charge in [-0.3, -0.25) is 14.4 Å². The number of nitrogens with one attached hydrogen (secondary N) is 2. The lowest BCUT2D eigenvalue weighted by Gasteiger charge is -2.21. The van der Waals surface area contributed by atoms with Gasteiger partial charge in [0.05, 0.1) is 10.6 Å². The standard InChI is InChI=1S/C24H24ClF3N2O4/c25-19-12-11-17(13-18(19)24(26,27)28)30-23(33)21(15-7-3-1-4-8-15)34-20(31)14-29-22(32)16-9-5-2-6-10-16/h1,3-4,7-8,11-13,16,21H,2,5-6,9-10,14H2,(H,29,32)(H,30,33)/t21-/m0/s1. The number of alkyl halides is 3. The van der Waals surface area contributed by atoms with Crippen molar-refractivity contribution < 1.29 is 32.3 Å². The molecule has 0 spiro atoms. The maximum atomic E-state index is 13.1. The molecule has 3 rings (SSSR count). The molecule has 34 heavy (non-hydrogen) atoms. The molecular formula is C24H24ClF3N2O4. The Morgan fingerprint density at radius 1 is 1.03 bits per heavy atom. The summed E-state index contributed by atoms with van der Waals surface area (Å²) in [4.78, 5) is 37.6. The first-order chi connectivity index (χ1) is 16.1. The third-order valence-electron chi connectivity index (χ3n) is 5.51. The zero-order valence-electron chi connectivity index (χ0n) is 18.2. The van der Waals surface area contributed by atoms with Crippen molar-refractivity contribution in [3.05, 3.63) is 64.7 Å². The molecule has 0 unspecified atom stereocenters. The number of carbonyl (C=O) groups excluding carboxylic acids is 3. The van der Waals surface area contributed by atoms with E-state index in [0.717, 1.165) is 38.2 Å². The van der Waals surface area contributed by atoms with E-state index in [9.17, 15) is 27.6 Å². The number of anilines is 1. The van der Waals surface area contributed by atoms with Gasteiger partial charge in [0.25, 0.3) is 5.91 Å². The molecular weight excluding hydrogens is 473 g/mol. The van der Waals surface area contributed by atoms with Gasteiger partial charge in [-0.05, 0) is 31.0 Å². The third kappa shape index (κ3) is 6.96. The molecule has 0 bridgehead atoms. The maximum Gasteiger partial charge on any atom is 0.417 e. The van der Waals surface area contributed by atoms with E-state index in [4.69, 9.17) is 16.3 Å². The summed E-state index contributed by atoms with van der Waals surface area (Å²) in [5.74, 6) is -2.09. The quantitative estimate of drug-likeness (QED) is 0.511. The monoisotopic (exact) mass is 496 g/mol. The van der Waals surface area contributed by atoms with Crippen LogP contribution in [0, 0.1) is 5.92 Å². The van der Waals surface area contributed by atoms with E-state index < -0.39 is 41.3 Å². The van der Waals surface area contributed by atoms with Crippen LogP contribution in [0.2, 0.25) is 5.02 Å². The maximum absolute atomic E-state index is 13.1. The van der Waals surface area contributed by atoms with Gasteiger partial charge in [0, 0.05) is 17.2 Å². The van der Waals surface area contributed by atoms with Gasteiger partial charge in [0.15, 0.2) is 0 Å². The first-order valence-electron chi connectivity index (χ1n) is 10.8. The summed E-state index contributed by atoms with van der Waals surface area (Å²) in [6.07, 6.45) is -1.63. The fourth-order valence-electron chi connectivity index (χ4n) is 3.77. The minimum atomic E-state index is -4.71. The highest BCUT2D eigenvalue weighted by atomic mass is 35.5. The van der Waals surface area contributed by atoms with Gasteiger partial charge >= 0.3 is 12.1 Å². The second-order valence-corrected chi connectivity index (χ2v) is 8.42. The molecule has 0 heterocycles. The second-order valence-electron chi connectivity index (χ2n) is 8.01. The molecule has 1 atom stereocenters. The Kier molecular flexibility index (Phi) is 8.55. The molecule has 2 aromatic rings. The van der Waals surface area contributed by atoms with E-state index >= 15 is 0 Å². The Labute approximate surface area is 199 Å². The molecule has 0 aromatic heterocycles. The van der Waals surface area contributed by atoms with Crippen LogP contribution in [0.4, 0.5) is 18.9 Å². The van der Waals surface area contributed by atoms with Gasteiger partial charge in [-0.15, -0.1) is 0 Å². The smallest absolute Gasteiger partial charge is 0.417 e. The minimum Gasteiger partial charge on any atom is -0.446 e. The van der Waals surface area contributed by atoms with Crippen LogP contribution in [-0.4, -0.2) is 24.3 Å². The summed E-state index contributed by atoms with van der Waals surface area (Å²) in [7, 11) is 0. The van der Waals surface area contributed by atoms with Gasteiger partial charge in [0.1, 0.15) is 6.54 Å². The van der Waals surface area contributed by atoms with E-state index in [1.54, 1.807) is 30.3 Å². The first kappa shape index (κ1) is 25.6. The predicted molar refractivity (Wildman–Crippen MR) is 120 cm³/mol. The Balaban J connectivity index is 1.69. The Bertz CT molecular complexity index is 1020. The number of hydrogen-bond donors (Lipinski definition) is 2. The average Bonchev–Trinajstić information content (AvgIpc) is 2.82. The molecule has 1 saturated carbocycles. The van der Waals surface area contributed by atoms with Gasteiger partial charge in [-0.2, -0.15) is 13.2 Å². The number of halogens is 4. The third-order valence-corrected chi connectivity index (χ3v) is 5.84. The van der Waals surface area contributed by atoms with Gasteiger partial charge < -0.3 is 15.4 Å². The van der Waals surface area contributed by atoms with Crippen molar-refractivity contribution in [2.45, 2.75) is 44.4 Å². The van der Waals surface area contributed by atoms with Crippen LogP contribution >= 0.6 is 11.6 Å². The Hall–Kier alpha value is -3.07. The minimum absolute atomic E-state index is 0.150. The number of benzene rings is 2. The molecule has 0 aliphatic heterocycles. The Morgan fingerprint density at radius 2 is 1.71 bits per heavy atom.